The molecule has 0 spiro atoms. The van der Waals surface area contributed by atoms with Crippen molar-refractivity contribution in [2.75, 3.05) is 54.1 Å². The summed E-state index contributed by atoms with van der Waals surface area (Å²) in [4.78, 5) is 22.9. The van der Waals surface area contributed by atoms with Crippen LogP contribution in [0.15, 0.2) is 48.6 Å². The minimum absolute atomic E-state index is 0.0843. The van der Waals surface area contributed by atoms with E-state index in [-0.39, 0.29) is 25.8 Å². The van der Waals surface area contributed by atoms with Crippen LogP contribution in [0.4, 0.5) is 0 Å². The molecule has 9 heteroatoms. The summed E-state index contributed by atoms with van der Waals surface area (Å²) in [6.07, 6.45) is 49.9. The first-order valence-corrected chi connectivity index (χ1v) is 24.9. The van der Waals surface area contributed by atoms with Crippen LogP contribution in [-0.4, -0.2) is 75.6 Å². The number of esters is 1. The lowest BCUT2D eigenvalue weighted by Gasteiger charge is -2.24. The Balaban J connectivity index is 4.22. The fraction of sp³-hybridized carbons (Fsp3) is 0.812. The van der Waals surface area contributed by atoms with Crippen LogP contribution in [0.5, 0.6) is 0 Å². The average Bonchev–Trinajstić information content (AvgIpc) is 3.16. The van der Waals surface area contributed by atoms with E-state index in [9.17, 15) is 14.3 Å². The minimum Gasteiger partial charge on any atom is -0.457 e. The molecule has 0 saturated carbocycles. The van der Waals surface area contributed by atoms with Gasteiger partial charge in [0.1, 0.15) is 19.3 Å². The zero-order valence-corrected chi connectivity index (χ0v) is 38.7. The van der Waals surface area contributed by atoms with Crippen molar-refractivity contribution in [3.05, 3.63) is 48.6 Å². The molecule has 0 aliphatic rings. The summed E-state index contributed by atoms with van der Waals surface area (Å²) in [5.41, 5.74) is 0. The second-order valence-corrected chi connectivity index (χ2v) is 18.2. The number of hydrogen-bond donors (Lipinski definition) is 1. The number of carbonyl (C=O) groups excluding carboxylic acids is 1. The highest BCUT2D eigenvalue weighted by Gasteiger charge is 2.26. The second kappa shape index (κ2) is 41.2. The Morgan fingerprint density at radius 3 is 1.42 bits per heavy atom. The van der Waals surface area contributed by atoms with Crippen LogP contribution in [0.1, 0.15) is 194 Å². The summed E-state index contributed by atoms with van der Waals surface area (Å²) in [7, 11) is 1.65. The zero-order chi connectivity index (χ0) is 42.0. The zero-order valence-electron chi connectivity index (χ0n) is 37.8. The van der Waals surface area contributed by atoms with E-state index in [0.29, 0.717) is 24.1 Å². The van der Waals surface area contributed by atoms with Crippen molar-refractivity contribution in [1.29, 1.82) is 0 Å². The van der Waals surface area contributed by atoms with E-state index >= 15 is 0 Å². The third kappa shape index (κ3) is 45.4. The lowest BCUT2D eigenvalue weighted by atomic mass is 10.1. The van der Waals surface area contributed by atoms with E-state index in [4.69, 9.17) is 18.5 Å². The Kier molecular flexibility index (Phi) is 40.1. The predicted molar refractivity (Wildman–Crippen MR) is 243 cm³/mol. The molecule has 2 atom stereocenters. The predicted octanol–water partition coefficient (Wildman–Crippen LogP) is 13.9. The van der Waals surface area contributed by atoms with Gasteiger partial charge in [0.2, 0.25) is 0 Å². The van der Waals surface area contributed by atoms with E-state index in [2.05, 4.69) is 62.5 Å². The van der Waals surface area contributed by atoms with E-state index in [0.717, 1.165) is 51.4 Å². The van der Waals surface area contributed by atoms with E-state index < -0.39 is 13.9 Å². The summed E-state index contributed by atoms with van der Waals surface area (Å²) in [6.45, 7) is 5.55. The molecule has 2 unspecified atom stereocenters. The van der Waals surface area contributed by atoms with Gasteiger partial charge >= 0.3 is 13.8 Å². The highest BCUT2D eigenvalue weighted by molar-refractivity contribution is 7.47. The highest BCUT2D eigenvalue weighted by Crippen LogP contribution is 2.43. The van der Waals surface area contributed by atoms with Crippen molar-refractivity contribution in [3.63, 3.8) is 0 Å². The van der Waals surface area contributed by atoms with Crippen LogP contribution in [0.2, 0.25) is 0 Å². The maximum Gasteiger partial charge on any atom is 0.472 e. The summed E-state index contributed by atoms with van der Waals surface area (Å²) in [6, 6.07) is 0. The molecule has 0 bridgehead atoms. The minimum atomic E-state index is -4.28. The van der Waals surface area contributed by atoms with Gasteiger partial charge in [-0.25, -0.2) is 4.57 Å². The van der Waals surface area contributed by atoms with Gasteiger partial charge in [-0.05, 0) is 77.0 Å². The van der Waals surface area contributed by atoms with Crippen LogP contribution >= 0.6 is 7.82 Å². The third-order valence-electron chi connectivity index (χ3n) is 9.86. The van der Waals surface area contributed by atoms with Crippen molar-refractivity contribution >= 4 is 13.8 Å². The average molecular weight is 825 g/mol. The number of phosphoric acid groups is 1. The molecule has 0 aromatic rings. The normalized spacial score (nSPS) is 14.1. The number of quaternary nitrogens is 1. The lowest BCUT2D eigenvalue weighted by molar-refractivity contribution is -0.870. The molecule has 0 rings (SSSR count). The molecule has 0 radical (unpaired) electrons. The molecule has 0 heterocycles. The Bertz CT molecular complexity index is 1050. The van der Waals surface area contributed by atoms with Crippen LogP contribution in [0, 0.1) is 0 Å². The maximum absolute atomic E-state index is 12.7. The summed E-state index contributed by atoms with van der Waals surface area (Å²) in [5, 5.41) is 0. The molecule has 334 valence electrons. The Morgan fingerprint density at radius 2 is 0.965 bits per heavy atom. The number of nitrogens with zero attached hydrogens (tertiary/aromatic N) is 1. The fourth-order valence-electron chi connectivity index (χ4n) is 6.20. The fourth-order valence-corrected chi connectivity index (χ4v) is 6.94. The number of likely N-dealkylation sites (N-methyl/N-ethyl adjacent to an activating group) is 1. The number of rotatable bonds is 43. The van der Waals surface area contributed by atoms with Gasteiger partial charge in [-0.2, -0.15) is 0 Å². The van der Waals surface area contributed by atoms with Crippen LogP contribution in [0.3, 0.4) is 0 Å². The monoisotopic (exact) mass is 825 g/mol. The number of unbranched alkanes of at least 4 members (excludes halogenated alkanes) is 21. The van der Waals surface area contributed by atoms with Gasteiger partial charge < -0.3 is 18.9 Å². The SMILES string of the molecule is CCCCC/C=C\C/C=C\CCCCCCCCCCCC(=O)OC(COCCCCCCCC/C=C\C/C=C\CCCCC)COP(=O)(O)OCC[N+](C)(C)C. The lowest BCUT2D eigenvalue weighted by Crippen LogP contribution is -2.37. The molecule has 0 aliphatic heterocycles. The van der Waals surface area contributed by atoms with Gasteiger partial charge in [-0.1, -0.05) is 159 Å². The number of phosphoric ester groups is 1. The first-order valence-electron chi connectivity index (χ1n) is 23.4. The van der Waals surface area contributed by atoms with Gasteiger partial charge in [-0.3, -0.25) is 13.8 Å². The standard InChI is InChI=1S/C48H90NO7P/c1-6-8-10-12-14-16-18-20-22-24-25-26-27-29-31-33-35-37-39-41-48(50)56-47(46-55-57(51,52)54-44-42-49(3,4)5)45-53-43-40-38-36-34-32-30-28-23-21-19-17-15-13-11-9-7-2/h14-17,20-23,47H,6-13,18-19,24-46H2,1-5H3/p+1/b16-14-,17-15-,22-20-,23-21-. The molecule has 0 aliphatic carbocycles. The van der Waals surface area contributed by atoms with Crippen molar-refractivity contribution in [2.24, 2.45) is 0 Å². The first-order chi connectivity index (χ1) is 27.6. The largest absolute Gasteiger partial charge is 0.472 e. The van der Waals surface area contributed by atoms with E-state index in [1.165, 1.54) is 122 Å². The molecule has 0 amide bonds. The van der Waals surface area contributed by atoms with E-state index in [1.807, 2.05) is 21.1 Å². The quantitative estimate of drug-likeness (QED) is 0.0215. The Labute approximate surface area is 352 Å². The van der Waals surface area contributed by atoms with E-state index in [1.54, 1.807) is 0 Å². The molecule has 0 aromatic carbocycles. The molecular weight excluding hydrogens is 734 g/mol. The second-order valence-electron chi connectivity index (χ2n) is 16.8. The molecule has 0 fully saturated rings. The number of hydrogen-bond acceptors (Lipinski definition) is 6. The highest BCUT2D eigenvalue weighted by atomic mass is 31.2. The summed E-state index contributed by atoms with van der Waals surface area (Å²) in [5.74, 6) is -0.323. The molecule has 0 saturated heterocycles. The maximum atomic E-state index is 12.7. The van der Waals surface area contributed by atoms with Gasteiger partial charge in [0.05, 0.1) is 34.4 Å². The summed E-state index contributed by atoms with van der Waals surface area (Å²) < 4.78 is 35.0. The summed E-state index contributed by atoms with van der Waals surface area (Å²) >= 11 is 0. The van der Waals surface area contributed by atoms with Gasteiger partial charge in [0, 0.05) is 13.0 Å². The van der Waals surface area contributed by atoms with Gasteiger partial charge in [0.25, 0.3) is 0 Å². The molecule has 57 heavy (non-hydrogen) atoms. The molecule has 8 nitrogen and oxygen atoms in total. The number of allylic oxidation sites excluding steroid dienone is 8. The van der Waals surface area contributed by atoms with Crippen LogP contribution < -0.4 is 0 Å². The first kappa shape index (κ1) is 55.5. The molecule has 1 N–H and O–H groups in total. The molecule has 0 aromatic heterocycles. The Hall–Kier alpha value is -1.54. The smallest absolute Gasteiger partial charge is 0.457 e. The number of ether oxygens (including phenoxy) is 2. The van der Waals surface area contributed by atoms with Crippen molar-refractivity contribution in [2.45, 2.75) is 200 Å². The van der Waals surface area contributed by atoms with Crippen molar-refractivity contribution in [1.82, 2.24) is 0 Å². The van der Waals surface area contributed by atoms with Crippen molar-refractivity contribution in [3.8, 4) is 0 Å². The van der Waals surface area contributed by atoms with Crippen molar-refractivity contribution < 1.29 is 37.3 Å². The van der Waals surface area contributed by atoms with Gasteiger partial charge in [-0.15, -0.1) is 0 Å². The molecular formula is C48H91NO7P+. The Morgan fingerprint density at radius 1 is 0.544 bits per heavy atom. The third-order valence-corrected chi connectivity index (χ3v) is 10.8. The topological polar surface area (TPSA) is 91.3 Å². The number of carbonyl (C=O) groups is 1. The van der Waals surface area contributed by atoms with Crippen LogP contribution in [-0.2, 0) is 27.9 Å². The van der Waals surface area contributed by atoms with Gasteiger partial charge in [0.15, 0.2) is 0 Å². The van der Waals surface area contributed by atoms with Crippen LogP contribution in [0.25, 0.3) is 0 Å².